The molecule has 1 atom stereocenters. The van der Waals surface area contributed by atoms with E-state index in [1.165, 1.54) is 43.8 Å². The molecule has 1 aliphatic carbocycles. The summed E-state index contributed by atoms with van der Waals surface area (Å²) in [5, 5.41) is 0. The van der Waals surface area contributed by atoms with Crippen LogP contribution in [-0.2, 0) is 0 Å². The lowest BCUT2D eigenvalue weighted by molar-refractivity contribution is 0.270. The third kappa shape index (κ3) is 2.10. The van der Waals surface area contributed by atoms with Crippen LogP contribution in [0.2, 0.25) is 0 Å². The minimum absolute atomic E-state index is 0.203. The van der Waals surface area contributed by atoms with Crippen LogP contribution in [0.3, 0.4) is 0 Å². The second kappa shape index (κ2) is 4.82. The maximum Gasteiger partial charge on any atom is 0.0928 e. The first kappa shape index (κ1) is 10.0. The Hall–Kier alpha value is -0.520. The highest BCUT2D eigenvalue weighted by molar-refractivity contribution is 6.99. The SMILES string of the molecule is NNC(c1cnsn1)C1CCCCC1. The Morgan fingerprint density at radius 2 is 2.21 bits per heavy atom. The number of hydrogen-bond acceptors (Lipinski definition) is 5. The molecule has 0 aromatic carbocycles. The molecular formula is C9H16N4S. The molecule has 1 aromatic rings. The fourth-order valence-corrected chi connectivity index (χ4v) is 2.70. The zero-order valence-electron chi connectivity index (χ0n) is 8.15. The van der Waals surface area contributed by atoms with Crippen molar-refractivity contribution in [2.24, 2.45) is 11.8 Å². The van der Waals surface area contributed by atoms with E-state index >= 15 is 0 Å². The fourth-order valence-electron chi connectivity index (χ4n) is 2.24. The number of rotatable bonds is 3. The Bertz CT molecular complexity index is 256. The highest BCUT2D eigenvalue weighted by Gasteiger charge is 2.25. The summed E-state index contributed by atoms with van der Waals surface area (Å²) in [5.41, 5.74) is 3.88. The summed E-state index contributed by atoms with van der Waals surface area (Å²) in [6.45, 7) is 0. The van der Waals surface area contributed by atoms with Gasteiger partial charge >= 0.3 is 0 Å². The van der Waals surface area contributed by atoms with Crippen LogP contribution >= 0.6 is 11.7 Å². The molecule has 1 heterocycles. The number of nitrogens with zero attached hydrogens (tertiary/aromatic N) is 2. The van der Waals surface area contributed by atoms with E-state index in [-0.39, 0.29) is 6.04 Å². The molecule has 5 heteroatoms. The highest BCUT2D eigenvalue weighted by atomic mass is 32.1. The molecule has 2 rings (SSSR count). The van der Waals surface area contributed by atoms with Gasteiger partial charge in [0.1, 0.15) is 0 Å². The van der Waals surface area contributed by atoms with Crippen molar-refractivity contribution in [1.29, 1.82) is 0 Å². The topological polar surface area (TPSA) is 63.8 Å². The Balaban J connectivity index is 2.04. The van der Waals surface area contributed by atoms with Gasteiger partial charge in [0.2, 0.25) is 0 Å². The summed E-state index contributed by atoms with van der Waals surface area (Å²) in [4.78, 5) is 0. The van der Waals surface area contributed by atoms with Crippen molar-refractivity contribution in [1.82, 2.24) is 14.2 Å². The molecule has 78 valence electrons. The zero-order valence-corrected chi connectivity index (χ0v) is 8.96. The van der Waals surface area contributed by atoms with E-state index in [0.717, 1.165) is 5.69 Å². The van der Waals surface area contributed by atoms with Gasteiger partial charge in [0.05, 0.1) is 29.7 Å². The van der Waals surface area contributed by atoms with Gasteiger partial charge in [-0.2, -0.15) is 8.75 Å². The second-order valence-electron chi connectivity index (χ2n) is 3.87. The lowest BCUT2D eigenvalue weighted by atomic mass is 9.83. The summed E-state index contributed by atoms with van der Waals surface area (Å²) >= 11 is 1.25. The molecule has 3 N–H and O–H groups in total. The summed E-state index contributed by atoms with van der Waals surface area (Å²) in [6, 6.07) is 0.203. The molecule has 4 nitrogen and oxygen atoms in total. The van der Waals surface area contributed by atoms with Crippen molar-refractivity contribution in [3.8, 4) is 0 Å². The molecule has 1 aliphatic rings. The van der Waals surface area contributed by atoms with E-state index in [2.05, 4.69) is 14.2 Å². The summed E-state index contributed by atoms with van der Waals surface area (Å²) < 4.78 is 8.27. The molecule has 1 unspecified atom stereocenters. The monoisotopic (exact) mass is 212 g/mol. The van der Waals surface area contributed by atoms with E-state index in [1.54, 1.807) is 0 Å². The van der Waals surface area contributed by atoms with Gasteiger partial charge in [-0.05, 0) is 18.8 Å². The highest BCUT2D eigenvalue weighted by Crippen LogP contribution is 2.33. The van der Waals surface area contributed by atoms with Gasteiger partial charge in [0, 0.05) is 0 Å². The maximum atomic E-state index is 5.58. The van der Waals surface area contributed by atoms with E-state index in [4.69, 9.17) is 5.84 Å². The molecule has 0 amide bonds. The lowest BCUT2D eigenvalue weighted by Crippen LogP contribution is -2.34. The largest absolute Gasteiger partial charge is 0.271 e. The molecule has 0 radical (unpaired) electrons. The first-order valence-corrected chi connectivity index (χ1v) is 5.88. The van der Waals surface area contributed by atoms with Crippen LogP contribution in [0.4, 0.5) is 0 Å². The Kier molecular flexibility index (Phi) is 3.44. The molecular weight excluding hydrogens is 196 g/mol. The summed E-state index contributed by atoms with van der Waals surface area (Å²) in [7, 11) is 0. The molecule has 1 saturated carbocycles. The molecule has 0 bridgehead atoms. The van der Waals surface area contributed by atoms with Crippen molar-refractivity contribution in [2.45, 2.75) is 38.1 Å². The average Bonchev–Trinajstić information content (AvgIpc) is 2.74. The van der Waals surface area contributed by atoms with Crippen LogP contribution in [0.15, 0.2) is 6.20 Å². The Morgan fingerprint density at radius 1 is 1.43 bits per heavy atom. The summed E-state index contributed by atoms with van der Waals surface area (Å²) in [6.07, 6.45) is 8.34. The van der Waals surface area contributed by atoms with E-state index in [9.17, 15) is 0 Å². The third-order valence-corrected chi connectivity index (χ3v) is 3.49. The lowest BCUT2D eigenvalue weighted by Gasteiger charge is -2.28. The minimum Gasteiger partial charge on any atom is -0.271 e. The number of hydrazine groups is 1. The van der Waals surface area contributed by atoms with Gasteiger partial charge in [-0.25, -0.2) is 0 Å². The van der Waals surface area contributed by atoms with Crippen LogP contribution in [-0.4, -0.2) is 8.75 Å². The number of aromatic nitrogens is 2. The van der Waals surface area contributed by atoms with Gasteiger partial charge < -0.3 is 0 Å². The van der Waals surface area contributed by atoms with Crippen molar-refractivity contribution >= 4 is 11.7 Å². The molecule has 0 spiro atoms. The predicted octanol–water partition coefficient (Wildman–Crippen LogP) is 1.62. The second-order valence-corrected chi connectivity index (χ2v) is 4.43. The van der Waals surface area contributed by atoms with Gasteiger partial charge in [-0.3, -0.25) is 11.3 Å². The Morgan fingerprint density at radius 3 is 2.79 bits per heavy atom. The first-order valence-electron chi connectivity index (χ1n) is 5.15. The molecule has 1 aromatic heterocycles. The number of nitrogens with two attached hydrogens (primary N) is 1. The van der Waals surface area contributed by atoms with E-state index in [0.29, 0.717) is 5.92 Å². The standard InChI is InChI=1S/C9H16N4S/c10-12-9(8-6-11-14-13-8)7-4-2-1-3-5-7/h6-7,9,12H,1-5,10H2. The van der Waals surface area contributed by atoms with Gasteiger partial charge in [-0.1, -0.05) is 19.3 Å². The molecule has 0 saturated heterocycles. The maximum absolute atomic E-state index is 5.58. The van der Waals surface area contributed by atoms with Gasteiger partial charge in [0.15, 0.2) is 0 Å². The van der Waals surface area contributed by atoms with Gasteiger partial charge in [-0.15, -0.1) is 0 Å². The van der Waals surface area contributed by atoms with Crippen LogP contribution in [0.5, 0.6) is 0 Å². The quantitative estimate of drug-likeness (QED) is 0.590. The van der Waals surface area contributed by atoms with Crippen LogP contribution in [0.1, 0.15) is 43.8 Å². The fraction of sp³-hybridized carbons (Fsp3) is 0.778. The normalized spacial score (nSPS) is 20.9. The zero-order chi connectivity index (χ0) is 9.80. The van der Waals surface area contributed by atoms with E-state index < -0.39 is 0 Å². The van der Waals surface area contributed by atoms with Crippen LogP contribution < -0.4 is 11.3 Å². The summed E-state index contributed by atoms with van der Waals surface area (Å²) in [5.74, 6) is 6.22. The molecule has 0 aliphatic heterocycles. The van der Waals surface area contributed by atoms with Crippen molar-refractivity contribution in [3.63, 3.8) is 0 Å². The molecule has 14 heavy (non-hydrogen) atoms. The number of nitrogens with one attached hydrogen (secondary N) is 1. The van der Waals surface area contributed by atoms with Crippen molar-refractivity contribution in [3.05, 3.63) is 11.9 Å². The van der Waals surface area contributed by atoms with E-state index in [1.807, 2.05) is 6.20 Å². The predicted molar refractivity (Wildman–Crippen MR) is 56.5 cm³/mol. The first-order chi connectivity index (χ1) is 6.92. The molecule has 1 fully saturated rings. The van der Waals surface area contributed by atoms with Crippen molar-refractivity contribution < 1.29 is 0 Å². The smallest absolute Gasteiger partial charge is 0.0928 e. The number of hydrogen-bond donors (Lipinski definition) is 2. The average molecular weight is 212 g/mol. The van der Waals surface area contributed by atoms with Crippen LogP contribution in [0, 0.1) is 5.92 Å². The third-order valence-electron chi connectivity index (χ3n) is 3.00. The van der Waals surface area contributed by atoms with Crippen LogP contribution in [0.25, 0.3) is 0 Å². The minimum atomic E-state index is 0.203. The van der Waals surface area contributed by atoms with Crippen molar-refractivity contribution in [2.75, 3.05) is 0 Å². The van der Waals surface area contributed by atoms with Gasteiger partial charge in [0.25, 0.3) is 0 Å². The Labute approximate surface area is 88.2 Å².